The summed E-state index contributed by atoms with van der Waals surface area (Å²) in [5, 5.41) is 1.42. The van der Waals surface area contributed by atoms with Crippen LogP contribution in [-0.2, 0) is 15.4 Å². The standard InChI is InChI=1S/C8H11NO2S.Na.H/c1-9(2)11-12(10)8-6-4-3-5-7-8;;/h3-7H,1-2H3;;. The first kappa shape index (κ1) is 13.3. The van der Waals surface area contributed by atoms with Crippen molar-refractivity contribution in [2.24, 2.45) is 0 Å². The molecule has 1 unspecified atom stereocenters. The molecule has 0 aromatic heterocycles. The average Bonchev–Trinajstić information content (AvgIpc) is 2.05. The van der Waals surface area contributed by atoms with Crippen LogP contribution in [0.4, 0.5) is 0 Å². The van der Waals surface area contributed by atoms with E-state index in [2.05, 4.69) is 0 Å². The van der Waals surface area contributed by atoms with E-state index in [0.29, 0.717) is 4.90 Å². The van der Waals surface area contributed by atoms with Gasteiger partial charge in [0.05, 0.1) is 4.90 Å². The van der Waals surface area contributed by atoms with Gasteiger partial charge >= 0.3 is 29.6 Å². The van der Waals surface area contributed by atoms with Gasteiger partial charge in [-0.05, 0) is 12.1 Å². The molecule has 0 bridgehead atoms. The van der Waals surface area contributed by atoms with E-state index in [1.165, 1.54) is 5.06 Å². The van der Waals surface area contributed by atoms with Gasteiger partial charge in [-0.3, -0.25) is 0 Å². The van der Waals surface area contributed by atoms with Crippen molar-refractivity contribution in [2.75, 3.05) is 14.1 Å². The Balaban J connectivity index is 0.00000144. The van der Waals surface area contributed by atoms with Crippen molar-refractivity contribution < 1.29 is 8.49 Å². The number of hydrogen-bond donors (Lipinski definition) is 0. The molecule has 0 aliphatic rings. The molecule has 0 saturated carbocycles. The van der Waals surface area contributed by atoms with Crippen LogP contribution in [0.3, 0.4) is 0 Å². The third kappa shape index (κ3) is 4.90. The molecular weight excluding hydrogens is 197 g/mol. The van der Waals surface area contributed by atoms with Crippen molar-refractivity contribution in [3.63, 3.8) is 0 Å². The molecule has 1 atom stereocenters. The second-order valence-corrected chi connectivity index (χ2v) is 3.52. The number of rotatable bonds is 3. The van der Waals surface area contributed by atoms with Crippen molar-refractivity contribution in [1.82, 2.24) is 5.06 Å². The molecule has 1 aromatic rings. The van der Waals surface area contributed by atoms with E-state index in [0.717, 1.165) is 0 Å². The van der Waals surface area contributed by atoms with E-state index >= 15 is 0 Å². The van der Waals surface area contributed by atoms with Gasteiger partial charge in [-0.2, -0.15) is 9.35 Å². The van der Waals surface area contributed by atoms with E-state index in [9.17, 15) is 4.21 Å². The minimum absolute atomic E-state index is 0. The summed E-state index contributed by atoms with van der Waals surface area (Å²) in [5.74, 6) is 0. The molecule has 5 heteroatoms. The number of benzene rings is 1. The van der Waals surface area contributed by atoms with Crippen LogP contribution in [0.2, 0.25) is 0 Å². The summed E-state index contributed by atoms with van der Waals surface area (Å²) in [6, 6.07) is 9.05. The Morgan fingerprint density at radius 2 is 1.77 bits per heavy atom. The van der Waals surface area contributed by atoms with Crippen molar-refractivity contribution in [3.05, 3.63) is 30.3 Å². The quantitative estimate of drug-likeness (QED) is 0.538. The molecule has 3 nitrogen and oxygen atoms in total. The molecule has 68 valence electrons. The Kier molecular flexibility index (Phi) is 6.85. The molecule has 0 heterocycles. The minimum atomic E-state index is -1.39. The van der Waals surface area contributed by atoms with Gasteiger partial charge in [-0.15, -0.1) is 0 Å². The summed E-state index contributed by atoms with van der Waals surface area (Å²) in [5.41, 5.74) is 0. The Labute approximate surface area is 103 Å². The molecule has 0 fully saturated rings. The molecule has 1 rings (SSSR count). The molecule has 0 saturated heterocycles. The first-order chi connectivity index (χ1) is 5.70. The summed E-state index contributed by atoms with van der Waals surface area (Å²) >= 11 is -1.39. The van der Waals surface area contributed by atoms with E-state index in [4.69, 9.17) is 4.28 Å². The van der Waals surface area contributed by atoms with Gasteiger partial charge in [0.25, 0.3) is 0 Å². The van der Waals surface area contributed by atoms with Crippen LogP contribution in [0.25, 0.3) is 0 Å². The van der Waals surface area contributed by atoms with Gasteiger partial charge in [0.2, 0.25) is 11.1 Å². The number of hydrogen-bond acceptors (Lipinski definition) is 3. The van der Waals surface area contributed by atoms with Crippen LogP contribution < -0.4 is 0 Å². The van der Waals surface area contributed by atoms with Crippen molar-refractivity contribution in [2.45, 2.75) is 4.90 Å². The Morgan fingerprint density at radius 3 is 2.23 bits per heavy atom. The third-order valence-electron chi connectivity index (χ3n) is 1.15. The Hall–Kier alpha value is 0.290. The number of nitrogens with zero attached hydrogens (tertiary/aromatic N) is 1. The van der Waals surface area contributed by atoms with E-state index in [1.807, 2.05) is 18.2 Å². The normalized spacial score (nSPS) is 12.2. The van der Waals surface area contributed by atoms with Gasteiger partial charge in [0.15, 0.2) is 0 Å². The monoisotopic (exact) mass is 209 g/mol. The fourth-order valence-electron chi connectivity index (χ4n) is 0.710. The first-order valence-electron chi connectivity index (χ1n) is 3.53. The molecular formula is C8H12NNaO2S. The summed E-state index contributed by atoms with van der Waals surface area (Å²) in [6.07, 6.45) is 0. The predicted molar refractivity (Wildman–Crippen MR) is 54.8 cm³/mol. The SMILES string of the molecule is CN(C)OS(=O)c1ccccc1.[NaH]. The molecule has 1 aromatic carbocycles. The van der Waals surface area contributed by atoms with Crippen LogP contribution in [0.5, 0.6) is 0 Å². The maximum absolute atomic E-state index is 11.3. The van der Waals surface area contributed by atoms with Crippen LogP contribution in [-0.4, -0.2) is 52.9 Å². The molecule has 0 N–H and O–H groups in total. The Bertz CT molecular complexity index is 266. The van der Waals surface area contributed by atoms with Gasteiger partial charge in [-0.25, -0.2) is 4.21 Å². The van der Waals surface area contributed by atoms with E-state index in [1.54, 1.807) is 26.2 Å². The van der Waals surface area contributed by atoms with Gasteiger partial charge in [0, 0.05) is 14.1 Å². The van der Waals surface area contributed by atoms with E-state index < -0.39 is 11.1 Å². The van der Waals surface area contributed by atoms with Crippen LogP contribution in [0.15, 0.2) is 35.2 Å². The molecule has 0 spiro atoms. The van der Waals surface area contributed by atoms with Gasteiger partial charge in [-0.1, -0.05) is 18.2 Å². The average molecular weight is 209 g/mol. The Morgan fingerprint density at radius 1 is 1.23 bits per heavy atom. The summed E-state index contributed by atoms with van der Waals surface area (Å²) in [6.45, 7) is 0. The van der Waals surface area contributed by atoms with Crippen molar-refractivity contribution >= 4 is 40.6 Å². The number of hydroxylamine groups is 2. The summed E-state index contributed by atoms with van der Waals surface area (Å²) < 4.78 is 16.2. The van der Waals surface area contributed by atoms with Crippen molar-refractivity contribution in [1.29, 1.82) is 0 Å². The topological polar surface area (TPSA) is 29.5 Å². The third-order valence-corrected chi connectivity index (χ3v) is 2.24. The summed E-state index contributed by atoms with van der Waals surface area (Å²) in [4.78, 5) is 0.672. The maximum atomic E-state index is 11.3. The van der Waals surface area contributed by atoms with E-state index in [-0.39, 0.29) is 29.6 Å². The van der Waals surface area contributed by atoms with Crippen LogP contribution in [0, 0.1) is 0 Å². The first-order valence-corrected chi connectivity index (χ1v) is 4.60. The summed E-state index contributed by atoms with van der Waals surface area (Å²) in [7, 11) is 3.39. The van der Waals surface area contributed by atoms with Crippen LogP contribution in [0.1, 0.15) is 0 Å². The zero-order chi connectivity index (χ0) is 8.97. The van der Waals surface area contributed by atoms with Crippen molar-refractivity contribution in [3.8, 4) is 0 Å². The van der Waals surface area contributed by atoms with Gasteiger partial charge in [0.1, 0.15) is 0 Å². The molecule has 13 heavy (non-hydrogen) atoms. The molecule has 0 aliphatic heterocycles. The predicted octanol–water partition coefficient (Wildman–Crippen LogP) is 0.554. The molecule has 0 aliphatic carbocycles. The zero-order valence-electron chi connectivity index (χ0n) is 7.06. The second kappa shape index (κ2) is 6.70. The zero-order valence-corrected chi connectivity index (χ0v) is 7.88. The van der Waals surface area contributed by atoms with Crippen LogP contribution >= 0.6 is 0 Å². The molecule has 0 amide bonds. The second-order valence-electron chi connectivity index (χ2n) is 2.43. The molecule has 0 radical (unpaired) electrons. The fourth-order valence-corrected chi connectivity index (χ4v) is 1.45. The fraction of sp³-hybridized carbons (Fsp3) is 0.250. The van der Waals surface area contributed by atoms with Gasteiger partial charge < -0.3 is 0 Å².